The lowest BCUT2D eigenvalue weighted by atomic mass is 10.1. The van der Waals surface area contributed by atoms with E-state index in [4.69, 9.17) is 16.7 Å². The zero-order valence-corrected chi connectivity index (χ0v) is 13.6. The van der Waals surface area contributed by atoms with Crippen LogP contribution in [0.5, 0.6) is 0 Å². The van der Waals surface area contributed by atoms with Crippen LogP contribution < -0.4 is 4.90 Å². The molecule has 0 spiro atoms. The minimum atomic E-state index is -0.931. The standard InChI is InChI=1S/C14H12ClIN2O2/c1-18(13-12(15)6-11(16)7-17-13)8-9-3-2-4-10(5-9)14(19)20/h2-7H,8H2,1H3,(H,19,20). The third kappa shape index (κ3) is 3.61. The first-order chi connectivity index (χ1) is 9.47. The van der Waals surface area contributed by atoms with Crippen LogP contribution >= 0.6 is 34.2 Å². The van der Waals surface area contributed by atoms with E-state index in [1.165, 1.54) is 0 Å². The summed E-state index contributed by atoms with van der Waals surface area (Å²) in [6.07, 6.45) is 1.74. The highest BCUT2D eigenvalue weighted by Crippen LogP contribution is 2.25. The van der Waals surface area contributed by atoms with E-state index in [-0.39, 0.29) is 5.56 Å². The molecule has 0 saturated heterocycles. The van der Waals surface area contributed by atoms with Gasteiger partial charge in [0, 0.05) is 23.4 Å². The number of halogens is 2. The first-order valence-electron chi connectivity index (χ1n) is 5.82. The van der Waals surface area contributed by atoms with Crippen LogP contribution in [0.1, 0.15) is 15.9 Å². The summed E-state index contributed by atoms with van der Waals surface area (Å²) in [5.74, 6) is -0.257. The molecule has 20 heavy (non-hydrogen) atoms. The van der Waals surface area contributed by atoms with Gasteiger partial charge in [0.2, 0.25) is 0 Å². The Labute approximate surface area is 135 Å². The van der Waals surface area contributed by atoms with E-state index in [0.717, 1.165) is 9.13 Å². The molecule has 0 aliphatic rings. The summed E-state index contributed by atoms with van der Waals surface area (Å²) in [6.45, 7) is 0.536. The lowest BCUT2D eigenvalue weighted by Crippen LogP contribution is -2.18. The van der Waals surface area contributed by atoms with Gasteiger partial charge in [0.05, 0.1) is 10.6 Å². The molecule has 0 bridgehead atoms. The van der Waals surface area contributed by atoms with Gasteiger partial charge < -0.3 is 10.0 Å². The van der Waals surface area contributed by atoms with Crippen LogP contribution in [0.25, 0.3) is 0 Å². The second kappa shape index (κ2) is 6.41. The second-order valence-corrected chi connectivity index (χ2v) is 5.97. The Balaban J connectivity index is 2.21. The van der Waals surface area contributed by atoms with E-state index in [2.05, 4.69) is 27.6 Å². The molecule has 0 aliphatic heterocycles. The molecule has 6 heteroatoms. The minimum absolute atomic E-state index is 0.276. The number of anilines is 1. The Morgan fingerprint density at radius 3 is 2.85 bits per heavy atom. The fourth-order valence-electron chi connectivity index (χ4n) is 1.84. The van der Waals surface area contributed by atoms with Crippen LogP contribution in [0.4, 0.5) is 5.82 Å². The van der Waals surface area contributed by atoms with Crippen molar-refractivity contribution in [2.24, 2.45) is 0 Å². The number of benzene rings is 1. The summed E-state index contributed by atoms with van der Waals surface area (Å²) >= 11 is 8.32. The second-order valence-electron chi connectivity index (χ2n) is 4.32. The number of carbonyl (C=O) groups is 1. The fraction of sp³-hybridized carbons (Fsp3) is 0.143. The summed E-state index contributed by atoms with van der Waals surface area (Å²) in [6, 6.07) is 8.68. The van der Waals surface area contributed by atoms with Crippen molar-refractivity contribution in [2.75, 3.05) is 11.9 Å². The zero-order chi connectivity index (χ0) is 14.7. The summed E-state index contributed by atoms with van der Waals surface area (Å²) in [5.41, 5.74) is 1.17. The van der Waals surface area contributed by atoms with Crippen LogP contribution in [-0.2, 0) is 6.54 Å². The molecule has 0 aliphatic carbocycles. The van der Waals surface area contributed by atoms with Crippen molar-refractivity contribution in [2.45, 2.75) is 6.54 Å². The van der Waals surface area contributed by atoms with Crippen LogP contribution in [0.3, 0.4) is 0 Å². The molecule has 1 N–H and O–H groups in total. The summed E-state index contributed by atoms with van der Waals surface area (Å²) in [5, 5.41) is 9.56. The van der Waals surface area contributed by atoms with E-state index in [9.17, 15) is 4.79 Å². The van der Waals surface area contributed by atoms with Gasteiger partial charge in [-0.2, -0.15) is 0 Å². The maximum absolute atomic E-state index is 11.0. The lowest BCUT2D eigenvalue weighted by molar-refractivity contribution is 0.0696. The number of aromatic carboxylic acids is 1. The monoisotopic (exact) mass is 402 g/mol. The maximum Gasteiger partial charge on any atom is 0.335 e. The Kier molecular flexibility index (Phi) is 4.82. The first kappa shape index (κ1) is 15.1. The molecule has 1 aromatic heterocycles. The van der Waals surface area contributed by atoms with E-state index in [0.29, 0.717) is 17.4 Å². The van der Waals surface area contributed by atoms with Gasteiger partial charge >= 0.3 is 5.97 Å². The van der Waals surface area contributed by atoms with Crippen molar-refractivity contribution in [3.05, 3.63) is 56.2 Å². The molecule has 1 heterocycles. The minimum Gasteiger partial charge on any atom is -0.478 e. The van der Waals surface area contributed by atoms with Crippen LogP contribution in [0.2, 0.25) is 5.02 Å². The lowest BCUT2D eigenvalue weighted by Gasteiger charge is -2.19. The van der Waals surface area contributed by atoms with Gasteiger partial charge in [-0.3, -0.25) is 0 Å². The quantitative estimate of drug-likeness (QED) is 0.793. The van der Waals surface area contributed by atoms with Crippen LogP contribution in [0, 0.1) is 3.57 Å². The van der Waals surface area contributed by atoms with Gasteiger partial charge in [-0.25, -0.2) is 9.78 Å². The fourth-order valence-corrected chi connectivity index (χ4v) is 2.79. The number of carboxylic acids is 1. The predicted octanol–water partition coefficient (Wildman–Crippen LogP) is 3.67. The Morgan fingerprint density at radius 1 is 1.45 bits per heavy atom. The molecule has 2 rings (SSSR count). The number of pyridine rings is 1. The SMILES string of the molecule is CN(Cc1cccc(C(=O)O)c1)c1ncc(I)cc1Cl. The maximum atomic E-state index is 11.0. The van der Waals surface area contributed by atoms with Gasteiger partial charge in [-0.05, 0) is 46.4 Å². The van der Waals surface area contributed by atoms with Gasteiger partial charge in [0.1, 0.15) is 5.82 Å². The number of hydrogen-bond acceptors (Lipinski definition) is 3. The molecular weight excluding hydrogens is 391 g/mol. The van der Waals surface area contributed by atoms with Crippen molar-refractivity contribution in [3.63, 3.8) is 0 Å². The Bertz CT molecular complexity index is 649. The molecule has 0 amide bonds. The highest BCUT2D eigenvalue weighted by atomic mass is 127. The topological polar surface area (TPSA) is 53.4 Å². The molecule has 1 aromatic carbocycles. The largest absolute Gasteiger partial charge is 0.478 e. The number of nitrogens with zero attached hydrogens (tertiary/aromatic N) is 2. The summed E-state index contributed by atoms with van der Waals surface area (Å²) < 4.78 is 0.970. The van der Waals surface area contributed by atoms with E-state index < -0.39 is 5.97 Å². The Hall–Kier alpha value is -1.34. The van der Waals surface area contributed by atoms with Gasteiger partial charge in [-0.15, -0.1) is 0 Å². The number of aromatic nitrogens is 1. The van der Waals surface area contributed by atoms with Crippen LogP contribution in [-0.4, -0.2) is 23.1 Å². The van der Waals surface area contributed by atoms with Crippen molar-refractivity contribution < 1.29 is 9.90 Å². The van der Waals surface area contributed by atoms with Crippen molar-refractivity contribution in [1.82, 2.24) is 4.98 Å². The number of carboxylic acid groups (broad SMARTS) is 1. The van der Waals surface area contributed by atoms with Crippen LogP contribution in [0.15, 0.2) is 36.5 Å². The normalized spacial score (nSPS) is 10.3. The molecular formula is C14H12ClIN2O2. The van der Waals surface area contributed by atoms with E-state index >= 15 is 0 Å². The molecule has 2 aromatic rings. The van der Waals surface area contributed by atoms with Gasteiger partial charge in [0.25, 0.3) is 0 Å². The third-order valence-electron chi connectivity index (χ3n) is 2.74. The first-order valence-corrected chi connectivity index (χ1v) is 7.27. The zero-order valence-electron chi connectivity index (χ0n) is 10.7. The highest BCUT2D eigenvalue weighted by molar-refractivity contribution is 14.1. The summed E-state index contributed by atoms with van der Waals surface area (Å²) in [7, 11) is 1.87. The van der Waals surface area contributed by atoms with Gasteiger partial charge in [0.15, 0.2) is 0 Å². The molecule has 4 nitrogen and oxygen atoms in total. The van der Waals surface area contributed by atoms with Crippen molar-refractivity contribution >= 4 is 46.0 Å². The molecule has 0 radical (unpaired) electrons. The summed E-state index contributed by atoms with van der Waals surface area (Å²) in [4.78, 5) is 17.1. The molecule has 0 atom stereocenters. The highest BCUT2D eigenvalue weighted by Gasteiger charge is 2.10. The molecule has 0 unspecified atom stereocenters. The Morgan fingerprint density at radius 2 is 2.20 bits per heavy atom. The third-order valence-corrected chi connectivity index (χ3v) is 3.61. The number of rotatable bonds is 4. The number of hydrogen-bond donors (Lipinski definition) is 1. The molecule has 104 valence electrons. The van der Waals surface area contributed by atoms with Gasteiger partial charge in [-0.1, -0.05) is 23.7 Å². The smallest absolute Gasteiger partial charge is 0.335 e. The van der Waals surface area contributed by atoms with Crippen molar-refractivity contribution in [3.8, 4) is 0 Å². The van der Waals surface area contributed by atoms with E-state index in [1.54, 1.807) is 24.4 Å². The average Bonchev–Trinajstić information content (AvgIpc) is 2.38. The predicted molar refractivity (Wildman–Crippen MR) is 87.5 cm³/mol. The van der Waals surface area contributed by atoms with E-state index in [1.807, 2.05) is 24.1 Å². The molecule has 0 saturated carbocycles. The van der Waals surface area contributed by atoms with Crippen molar-refractivity contribution in [1.29, 1.82) is 0 Å². The average molecular weight is 403 g/mol. The molecule has 0 fully saturated rings.